The molecule has 0 aliphatic heterocycles. The van der Waals surface area contributed by atoms with Crippen molar-refractivity contribution >= 4 is 22.8 Å². The quantitative estimate of drug-likeness (QED) is 0.597. The van der Waals surface area contributed by atoms with Crippen LogP contribution in [-0.2, 0) is 13.2 Å². The number of halogens is 3. The van der Waals surface area contributed by atoms with Crippen LogP contribution in [0.2, 0.25) is 0 Å². The molecule has 0 radical (unpaired) electrons. The van der Waals surface area contributed by atoms with Gasteiger partial charge in [-0.1, -0.05) is 6.92 Å². The van der Waals surface area contributed by atoms with Gasteiger partial charge in [-0.15, -0.1) is 11.8 Å². The third kappa shape index (κ3) is 3.06. The SMILES string of the molecule is CCSc1cc(C(F)(F)F)cnc1-c1nc2cc(C3CC3)ncc2n1C. The van der Waals surface area contributed by atoms with Crippen LogP contribution >= 0.6 is 11.8 Å². The second kappa shape index (κ2) is 6.26. The molecule has 1 aliphatic rings. The number of aromatic nitrogens is 4. The lowest BCUT2D eigenvalue weighted by Gasteiger charge is -2.12. The zero-order chi connectivity index (χ0) is 18.5. The number of aryl methyl sites for hydroxylation is 1. The van der Waals surface area contributed by atoms with Crippen molar-refractivity contribution in [2.45, 2.75) is 36.8 Å². The smallest absolute Gasteiger partial charge is 0.325 e. The van der Waals surface area contributed by atoms with E-state index >= 15 is 0 Å². The molecular formula is C18H17F3N4S. The number of pyridine rings is 2. The number of imidazole rings is 1. The Labute approximate surface area is 152 Å². The Kier molecular flexibility index (Phi) is 4.17. The molecule has 4 rings (SSSR count). The van der Waals surface area contributed by atoms with Gasteiger partial charge in [-0.25, -0.2) is 4.98 Å². The van der Waals surface area contributed by atoms with Crippen LogP contribution < -0.4 is 0 Å². The lowest BCUT2D eigenvalue weighted by Crippen LogP contribution is -2.07. The van der Waals surface area contributed by atoms with Crippen molar-refractivity contribution in [1.82, 2.24) is 19.5 Å². The van der Waals surface area contributed by atoms with Gasteiger partial charge in [-0.3, -0.25) is 9.97 Å². The standard InChI is InChI=1S/C18H17F3N4S/c1-3-26-15-6-11(18(19,20)21)8-23-16(15)17-24-13-7-12(10-4-5-10)22-9-14(13)25(17)2/h6-10H,3-5H2,1-2H3. The molecule has 0 spiro atoms. The van der Waals surface area contributed by atoms with Crippen LogP contribution in [0.5, 0.6) is 0 Å². The number of thioether (sulfide) groups is 1. The molecule has 8 heteroatoms. The summed E-state index contributed by atoms with van der Waals surface area (Å²) in [6.45, 7) is 1.90. The molecule has 3 heterocycles. The summed E-state index contributed by atoms with van der Waals surface area (Å²) >= 11 is 1.33. The number of rotatable bonds is 4. The summed E-state index contributed by atoms with van der Waals surface area (Å²) in [5.41, 5.74) is 2.41. The van der Waals surface area contributed by atoms with Crippen LogP contribution in [0.3, 0.4) is 0 Å². The Balaban J connectivity index is 1.84. The van der Waals surface area contributed by atoms with E-state index in [9.17, 15) is 13.2 Å². The van der Waals surface area contributed by atoms with Crippen LogP contribution in [0.4, 0.5) is 13.2 Å². The van der Waals surface area contributed by atoms with Crippen molar-refractivity contribution in [2.24, 2.45) is 7.05 Å². The van der Waals surface area contributed by atoms with Crippen molar-refractivity contribution in [2.75, 3.05) is 5.75 Å². The first-order chi connectivity index (χ1) is 12.4. The number of alkyl halides is 3. The van der Waals surface area contributed by atoms with Gasteiger partial charge in [0.1, 0.15) is 5.69 Å². The van der Waals surface area contributed by atoms with Crippen molar-refractivity contribution in [3.8, 4) is 11.5 Å². The molecular weight excluding hydrogens is 361 g/mol. The molecule has 0 aromatic carbocycles. The molecule has 4 nitrogen and oxygen atoms in total. The third-order valence-corrected chi connectivity index (χ3v) is 5.39. The lowest BCUT2D eigenvalue weighted by atomic mass is 10.2. The van der Waals surface area contributed by atoms with E-state index in [0.29, 0.717) is 28.1 Å². The van der Waals surface area contributed by atoms with E-state index in [4.69, 9.17) is 0 Å². The molecule has 0 atom stereocenters. The minimum Gasteiger partial charge on any atom is -0.325 e. The van der Waals surface area contributed by atoms with Gasteiger partial charge in [0.2, 0.25) is 0 Å². The molecule has 26 heavy (non-hydrogen) atoms. The lowest BCUT2D eigenvalue weighted by molar-refractivity contribution is -0.138. The van der Waals surface area contributed by atoms with Crippen molar-refractivity contribution < 1.29 is 13.2 Å². The fourth-order valence-electron chi connectivity index (χ4n) is 2.95. The minimum absolute atomic E-state index is 0.469. The van der Waals surface area contributed by atoms with Crippen LogP contribution in [-0.4, -0.2) is 25.3 Å². The molecule has 3 aromatic rings. The van der Waals surface area contributed by atoms with E-state index in [1.165, 1.54) is 11.8 Å². The van der Waals surface area contributed by atoms with E-state index in [1.807, 2.05) is 24.6 Å². The molecule has 0 saturated heterocycles. The van der Waals surface area contributed by atoms with Crippen molar-refractivity contribution in [3.05, 3.63) is 35.8 Å². The normalized spacial score (nSPS) is 15.0. The second-order valence-electron chi connectivity index (χ2n) is 6.37. The molecule has 3 aromatic heterocycles. The molecule has 136 valence electrons. The molecule has 0 amide bonds. The van der Waals surface area contributed by atoms with Gasteiger partial charge in [0, 0.05) is 29.8 Å². The van der Waals surface area contributed by atoms with Crippen LogP contribution in [0.15, 0.2) is 29.4 Å². The Hall–Kier alpha value is -2.09. The summed E-state index contributed by atoms with van der Waals surface area (Å²) in [4.78, 5) is 13.8. The van der Waals surface area contributed by atoms with Crippen LogP contribution in [0.25, 0.3) is 22.6 Å². The van der Waals surface area contributed by atoms with E-state index in [1.54, 1.807) is 6.20 Å². The average Bonchev–Trinajstić information content (AvgIpc) is 3.39. The Morgan fingerprint density at radius 3 is 2.62 bits per heavy atom. The van der Waals surface area contributed by atoms with E-state index in [2.05, 4.69) is 15.0 Å². The predicted molar refractivity (Wildman–Crippen MR) is 95.1 cm³/mol. The predicted octanol–water partition coefficient (Wildman–Crippen LogP) is 5.04. The molecule has 0 bridgehead atoms. The van der Waals surface area contributed by atoms with Gasteiger partial charge in [-0.05, 0) is 30.7 Å². The fraction of sp³-hybridized carbons (Fsp3) is 0.389. The Morgan fingerprint density at radius 1 is 1.19 bits per heavy atom. The van der Waals surface area contributed by atoms with Gasteiger partial charge >= 0.3 is 6.18 Å². The Morgan fingerprint density at radius 2 is 1.96 bits per heavy atom. The maximum absolute atomic E-state index is 13.0. The van der Waals surface area contributed by atoms with Gasteiger partial charge in [0.15, 0.2) is 5.82 Å². The molecule has 1 fully saturated rings. The third-order valence-electron chi connectivity index (χ3n) is 4.48. The molecule has 0 unspecified atom stereocenters. The van der Waals surface area contributed by atoms with E-state index in [0.717, 1.165) is 41.8 Å². The van der Waals surface area contributed by atoms with Gasteiger partial charge < -0.3 is 4.57 Å². The summed E-state index contributed by atoms with van der Waals surface area (Å²) in [7, 11) is 1.84. The first-order valence-electron chi connectivity index (χ1n) is 8.41. The fourth-order valence-corrected chi connectivity index (χ4v) is 3.75. The van der Waals surface area contributed by atoms with Gasteiger partial charge in [0.25, 0.3) is 0 Å². The summed E-state index contributed by atoms with van der Waals surface area (Å²) in [5.74, 6) is 1.72. The minimum atomic E-state index is -4.41. The first kappa shape index (κ1) is 17.3. The van der Waals surface area contributed by atoms with Gasteiger partial charge in [0.05, 0.1) is 22.8 Å². The number of hydrogen-bond donors (Lipinski definition) is 0. The summed E-state index contributed by atoms with van der Waals surface area (Å²) in [5, 5.41) is 0. The van der Waals surface area contributed by atoms with E-state index in [-0.39, 0.29) is 0 Å². The highest BCUT2D eigenvalue weighted by Gasteiger charge is 2.32. The summed E-state index contributed by atoms with van der Waals surface area (Å²) in [6, 6.07) is 3.14. The van der Waals surface area contributed by atoms with Crippen molar-refractivity contribution in [1.29, 1.82) is 0 Å². The topological polar surface area (TPSA) is 43.6 Å². The largest absolute Gasteiger partial charge is 0.417 e. The average molecular weight is 378 g/mol. The highest BCUT2D eigenvalue weighted by molar-refractivity contribution is 7.99. The van der Waals surface area contributed by atoms with E-state index < -0.39 is 11.7 Å². The highest BCUT2D eigenvalue weighted by Crippen LogP contribution is 2.40. The number of nitrogens with zero attached hydrogens (tertiary/aromatic N) is 4. The Bertz CT molecular complexity index is 976. The second-order valence-corrected chi connectivity index (χ2v) is 7.67. The maximum atomic E-state index is 13.0. The zero-order valence-electron chi connectivity index (χ0n) is 14.3. The zero-order valence-corrected chi connectivity index (χ0v) is 15.2. The monoisotopic (exact) mass is 378 g/mol. The molecule has 0 N–H and O–H groups in total. The first-order valence-corrected chi connectivity index (χ1v) is 9.39. The number of fused-ring (bicyclic) bond motifs is 1. The van der Waals surface area contributed by atoms with Gasteiger partial charge in [-0.2, -0.15) is 13.2 Å². The number of hydrogen-bond acceptors (Lipinski definition) is 4. The summed E-state index contributed by atoms with van der Waals surface area (Å²) in [6.07, 6.45) is 0.550. The molecule has 1 aliphatic carbocycles. The van der Waals surface area contributed by atoms with Crippen LogP contribution in [0.1, 0.15) is 36.9 Å². The van der Waals surface area contributed by atoms with Crippen molar-refractivity contribution in [3.63, 3.8) is 0 Å². The summed E-state index contributed by atoms with van der Waals surface area (Å²) < 4.78 is 41.0. The molecule has 1 saturated carbocycles. The van der Waals surface area contributed by atoms with Crippen LogP contribution in [0, 0.1) is 0 Å². The highest BCUT2D eigenvalue weighted by atomic mass is 32.2. The maximum Gasteiger partial charge on any atom is 0.417 e.